The second-order valence-corrected chi connectivity index (χ2v) is 8.28. The SMILES string of the molecule is c1ccc(C2=Nc3ccccc3C(Cc3ccc4ccccc4n3)N2c2ccccc2)cc1. The number of rotatable bonds is 4. The molecular formula is C30H23N3. The van der Waals surface area contributed by atoms with Crippen molar-refractivity contribution in [3.63, 3.8) is 0 Å². The molecule has 0 spiro atoms. The zero-order chi connectivity index (χ0) is 22.0. The monoisotopic (exact) mass is 425 g/mol. The second kappa shape index (κ2) is 8.36. The summed E-state index contributed by atoms with van der Waals surface area (Å²) in [6.45, 7) is 0. The van der Waals surface area contributed by atoms with Crippen molar-refractivity contribution in [2.75, 3.05) is 4.90 Å². The molecule has 3 nitrogen and oxygen atoms in total. The summed E-state index contributed by atoms with van der Waals surface area (Å²) >= 11 is 0. The van der Waals surface area contributed by atoms with Gasteiger partial charge in [0.2, 0.25) is 0 Å². The Labute approximate surface area is 193 Å². The zero-order valence-corrected chi connectivity index (χ0v) is 18.2. The van der Waals surface area contributed by atoms with Crippen LogP contribution in [0, 0.1) is 0 Å². The fourth-order valence-corrected chi connectivity index (χ4v) is 4.63. The molecular weight excluding hydrogens is 402 g/mol. The average Bonchev–Trinajstić information content (AvgIpc) is 2.89. The highest BCUT2D eigenvalue weighted by Gasteiger charge is 2.32. The lowest BCUT2D eigenvalue weighted by Gasteiger charge is -2.38. The second-order valence-electron chi connectivity index (χ2n) is 8.28. The molecule has 0 saturated carbocycles. The van der Waals surface area contributed by atoms with E-state index in [4.69, 9.17) is 9.98 Å². The predicted molar refractivity (Wildman–Crippen MR) is 136 cm³/mol. The molecule has 0 fully saturated rings. The number of aliphatic imine (C=N–C) groups is 1. The van der Waals surface area contributed by atoms with E-state index < -0.39 is 0 Å². The van der Waals surface area contributed by atoms with Gasteiger partial charge in [0.15, 0.2) is 0 Å². The highest BCUT2D eigenvalue weighted by molar-refractivity contribution is 6.12. The van der Waals surface area contributed by atoms with Gasteiger partial charge in [-0.1, -0.05) is 91.0 Å². The van der Waals surface area contributed by atoms with Crippen molar-refractivity contribution in [2.45, 2.75) is 12.5 Å². The van der Waals surface area contributed by atoms with Crippen LogP contribution in [0.4, 0.5) is 11.4 Å². The van der Waals surface area contributed by atoms with E-state index in [-0.39, 0.29) is 6.04 Å². The number of hydrogen-bond acceptors (Lipinski definition) is 3. The Kier molecular flexibility index (Phi) is 4.93. The number of nitrogens with zero attached hydrogens (tertiary/aromatic N) is 3. The Balaban J connectivity index is 1.52. The van der Waals surface area contributed by atoms with Gasteiger partial charge in [-0.3, -0.25) is 4.98 Å². The van der Waals surface area contributed by atoms with E-state index in [2.05, 4.69) is 114 Å². The normalized spacial score (nSPS) is 15.2. The molecule has 0 amide bonds. The number of anilines is 1. The lowest BCUT2D eigenvalue weighted by atomic mass is 9.94. The molecule has 0 radical (unpaired) electrons. The summed E-state index contributed by atoms with van der Waals surface area (Å²) in [5.41, 5.74) is 6.57. The third-order valence-electron chi connectivity index (χ3n) is 6.19. The van der Waals surface area contributed by atoms with Crippen molar-refractivity contribution in [3.8, 4) is 0 Å². The number of benzene rings is 4. The van der Waals surface area contributed by atoms with Gasteiger partial charge in [0.25, 0.3) is 0 Å². The van der Waals surface area contributed by atoms with Crippen LogP contribution in [0.15, 0.2) is 126 Å². The number of aromatic nitrogens is 1. The Morgan fingerprint density at radius 1 is 0.636 bits per heavy atom. The lowest BCUT2D eigenvalue weighted by Crippen LogP contribution is -2.39. The van der Waals surface area contributed by atoms with E-state index in [1.165, 1.54) is 5.56 Å². The summed E-state index contributed by atoms with van der Waals surface area (Å²) in [4.78, 5) is 12.5. The van der Waals surface area contributed by atoms with Crippen LogP contribution in [0.3, 0.4) is 0 Å². The average molecular weight is 426 g/mol. The Morgan fingerprint density at radius 2 is 1.33 bits per heavy atom. The molecule has 0 aliphatic carbocycles. The van der Waals surface area contributed by atoms with Crippen molar-refractivity contribution in [1.29, 1.82) is 0 Å². The number of hydrogen-bond donors (Lipinski definition) is 0. The predicted octanol–water partition coefficient (Wildman–Crippen LogP) is 7.12. The van der Waals surface area contributed by atoms with Crippen molar-refractivity contribution in [1.82, 2.24) is 4.98 Å². The van der Waals surface area contributed by atoms with Gasteiger partial charge >= 0.3 is 0 Å². The van der Waals surface area contributed by atoms with E-state index in [0.29, 0.717) is 0 Å². The van der Waals surface area contributed by atoms with Crippen LogP contribution in [0.1, 0.15) is 22.9 Å². The Morgan fingerprint density at radius 3 is 2.18 bits per heavy atom. The van der Waals surface area contributed by atoms with Gasteiger partial charge in [-0.2, -0.15) is 0 Å². The van der Waals surface area contributed by atoms with Crippen LogP contribution in [0.2, 0.25) is 0 Å². The van der Waals surface area contributed by atoms with Gasteiger partial charge in [-0.05, 0) is 30.3 Å². The summed E-state index contributed by atoms with van der Waals surface area (Å²) in [7, 11) is 0. The Hall–Kier alpha value is -4.24. The minimum absolute atomic E-state index is 0.0740. The van der Waals surface area contributed by atoms with Gasteiger partial charge < -0.3 is 4.90 Å². The highest BCUT2D eigenvalue weighted by Crippen LogP contribution is 2.40. The molecule has 0 N–H and O–H groups in total. The van der Waals surface area contributed by atoms with Gasteiger partial charge in [0.1, 0.15) is 5.84 Å². The molecule has 158 valence electrons. The van der Waals surface area contributed by atoms with Crippen LogP contribution < -0.4 is 4.90 Å². The van der Waals surface area contributed by atoms with E-state index in [1.54, 1.807) is 0 Å². The molecule has 1 aliphatic rings. The van der Waals surface area contributed by atoms with Crippen molar-refractivity contribution >= 4 is 28.1 Å². The van der Waals surface area contributed by atoms with Gasteiger partial charge in [-0.25, -0.2) is 4.99 Å². The number of pyridine rings is 1. The molecule has 1 atom stereocenters. The molecule has 5 aromatic rings. The van der Waals surface area contributed by atoms with Crippen LogP contribution in [-0.4, -0.2) is 10.8 Å². The van der Waals surface area contributed by atoms with Crippen LogP contribution >= 0.6 is 0 Å². The first-order valence-corrected chi connectivity index (χ1v) is 11.3. The maximum atomic E-state index is 5.14. The summed E-state index contributed by atoms with van der Waals surface area (Å²) in [6, 6.07) is 42.2. The first-order valence-electron chi connectivity index (χ1n) is 11.3. The third kappa shape index (κ3) is 3.68. The van der Waals surface area contributed by atoms with E-state index in [0.717, 1.165) is 45.8 Å². The van der Waals surface area contributed by atoms with Crippen molar-refractivity contribution in [2.24, 2.45) is 4.99 Å². The molecule has 33 heavy (non-hydrogen) atoms. The van der Waals surface area contributed by atoms with E-state index in [1.807, 2.05) is 12.1 Å². The first-order chi connectivity index (χ1) is 16.4. The van der Waals surface area contributed by atoms with E-state index in [9.17, 15) is 0 Å². The fraction of sp³-hybridized carbons (Fsp3) is 0.0667. The number of para-hydroxylation sites is 3. The molecule has 6 rings (SSSR count). The van der Waals surface area contributed by atoms with Gasteiger partial charge in [0.05, 0.1) is 17.2 Å². The number of amidine groups is 1. The zero-order valence-electron chi connectivity index (χ0n) is 18.2. The number of fused-ring (bicyclic) bond motifs is 2. The molecule has 0 bridgehead atoms. The molecule has 1 aromatic heterocycles. The Bertz CT molecular complexity index is 1440. The smallest absolute Gasteiger partial charge is 0.141 e. The molecule has 2 heterocycles. The van der Waals surface area contributed by atoms with Gasteiger partial charge in [0, 0.05) is 34.3 Å². The lowest BCUT2D eigenvalue weighted by molar-refractivity contribution is 0.687. The van der Waals surface area contributed by atoms with Crippen LogP contribution in [0.25, 0.3) is 10.9 Å². The summed E-state index contributed by atoms with van der Waals surface area (Å²) < 4.78 is 0. The van der Waals surface area contributed by atoms with Gasteiger partial charge in [-0.15, -0.1) is 0 Å². The van der Waals surface area contributed by atoms with E-state index >= 15 is 0 Å². The van der Waals surface area contributed by atoms with Crippen LogP contribution in [-0.2, 0) is 6.42 Å². The topological polar surface area (TPSA) is 28.5 Å². The van der Waals surface area contributed by atoms with Crippen LogP contribution in [0.5, 0.6) is 0 Å². The fourth-order valence-electron chi connectivity index (χ4n) is 4.63. The molecule has 1 aliphatic heterocycles. The van der Waals surface area contributed by atoms with Crippen molar-refractivity contribution in [3.05, 3.63) is 138 Å². The minimum atomic E-state index is 0.0740. The maximum absolute atomic E-state index is 5.14. The summed E-state index contributed by atoms with van der Waals surface area (Å²) in [5, 5.41) is 1.16. The summed E-state index contributed by atoms with van der Waals surface area (Å²) in [5.74, 6) is 0.964. The standard InChI is InChI=1S/C30H23N3/c1-3-12-23(13-4-1)30-32-28-18-10-8-16-26(28)29(33(30)25-14-5-2-6-15-25)21-24-20-19-22-11-7-9-17-27(22)31-24/h1-20,29H,21H2. The largest absolute Gasteiger partial charge is 0.318 e. The third-order valence-corrected chi connectivity index (χ3v) is 6.19. The van der Waals surface area contributed by atoms with Crippen molar-refractivity contribution < 1.29 is 0 Å². The molecule has 3 heteroatoms. The maximum Gasteiger partial charge on any atom is 0.141 e. The highest BCUT2D eigenvalue weighted by atomic mass is 15.2. The quantitative estimate of drug-likeness (QED) is 0.307. The minimum Gasteiger partial charge on any atom is -0.318 e. The summed E-state index contributed by atoms with van der Waals surface area (Å²) in [6.07, 6.45) is 0.780. The molecule has 4 aromatic carbocycles. The molecule has 0 saturated heterocycles. The molecule has 1 unspecified atom stereocenters. The first kappa shape index (κ1) is 19.4.